The van der Waals surface area contributed by atoms with Crippen LogP contribution in [-0.2, 0) is 14.8 Å². The Hall–Kier alpha value is -0.620. The predicted molar refractivity (Wildman–Crippen MR) is 53.9 cm³/mol. The van der Waals surface area contributed by atoms with E-state index in [1.165, 1.54) is 4.31 Å². The van der Waals surface area contributed by atoms with Crippen molar-refractivity contribution in [3.05, 3.63) is 0 Å². The molecule has 0 heterocycles. The molecule has 0 aromatic rings. The Bertz CT molecular complexity index is 356. The van der Waals surface area contributed by atoms with Crippen LogP contribution in [0.5, 0.6) is 0 Å². The minimum absolute atomic E-state index is 0.0511. The molecule has 6 heteroatoms. The van der Waals surface area contributed by atoms with Crippen molar-refractivity contribution in [3.8, 4) is 0 Å². The molecule has 1 N–H and O–H groups in total. The van der Waals surface area contributed by atoms with Gasteiger partial charge in [-0.05, 0) is 31.6 Å². The van der Waals surface area contributed by atoms with Crippen LogP contribution in [0, 0.1) is 5.92 Å². The van der Waals surface area contributed by atoms with Crippen LogP contribution in [0.2, 0.25) is 0 Å². The fourth-order valence-corrected chi connectivity index (χ4v) is 3.72. The van der Waals surface area contributed by atoms with E-state index in [2.05, 4.69) is 0 Å². The molecule has 0 atom stereocenters. The quantitative estimate of drug-likeness (QED) is 0.714. The Morgan fingerprint density at radius 1 is 1.27 bits per heavy atom. The van der Waals surface area contributed by atoms with Crippen molar-refractivity contribution < 1.29 is 18.3 Å². The van der Waals surface area contributed by atoms with E-state index >= 15 is 0 Å². The predicted octanol–water partition coefficient (Wildman–Crippen LogP) is 0.275. The Morgan fingerprint density at radius 2 is 1.87 bits per heavy atom. The summed E-state index contributed by atoms with van der Waals surface area (Å²) < 4.78 is 24.9. The van der Waals surface area contributed by atoms with Crippen molar-refractivity contribution in [2.45, 2.75) is 31.7 Å². The molecule has 0 spiro atoms. The number of nitrogens with zero attached hydrogens (tertiary/aromatic N) is 1. The number of carbonyl (C=O) groups is 1. The molecule has 86 valence electrons. The van der Waals surface area contributed by atoms with Crippen LogP contribution in [-0.4, -0.2) is 42.1 Å². The largest absolute Gasteiger partial charge is 0.480 e. The fourth-order valence-electron chi connectivity index (χ4n) is 1.63. The van der Waals surface area contributed by atoms with Crippen molar-refractivity contribution in [1.29, 1.82) is 0 Å². The first kappa shape index (κ1) is 10.9. The molecule has 0 radical (unpaired) electrons. The summed E-state index contributed by atoms with van der Waals surface area (Å²) in [4.78, 5) is 10.6. The number of hydrogen-bond donors (Lipinski definition) is 1. The fraction of sp³-hybridized carbons (Fsp3) is 0.889. The number of aliphatic carboxylic acids is 1. The maximum Gasteiger partial charge on any atom is 0.318 e. The first-order chi connectivity index (χ1) is 6.99. The lowest BCUT2D eigenvalue weighted by atomic mass is 10.5. The third-order valence-corrected chi connectivity index (χ3v) is 4.78. The van der Waals surface area contributed by atoms with E-state index in [0.717, 1.165) is 25.7 Å². The van der Waals surface area contributed by atoms with E-state index in [0.29, 0.717) is 0 Å². The van der Waals surface area contributed by atoms with Crippen LogP contribution < -0.4 is 0 Å². The number of hydrogen-bond acceptors (Lipinski definition) is 3. The van der Waals surface area contributed by atoms with Crippen LogP contribution in [0.15, 0.2) is 0 Å². The van der Waals surface area contributed by atoms with E-state index < -0.39 is 16.0 Å². The first-order valence-corrected chi connectivity index (χ1v) is 6.81. The van der Waals surface area contributed by atoms with Crippen molar-refractivity contribution >= 4 is 16.0 Å². The van der Waals surface area contributed by atoms with Gasteiger partial charge < -0.3 is 5.11 Å². The highest BCUT2D eigenvalue weighted by Crippen LogP contribution is 2.34. The smallest absolute Gasteiger partial charge is 0.318 e. The van der Waals surface area contributed by atoms with Gasteiger partial charge in [0.2, 0.25) is 10.0 Å². The van der Waals surface area contributed by atoms with Crippen molar-refractivity contribution in [1.82, 2.24) is 4.31 Å². The second kappa shape index (κ2) is 3.75. The SMILES string of the molecule is O=C(O)CN(C1CC1)S(=O)(=O)CC1CC1. The Kier molecular flexibility index (Phi) is 2.72. The molecule has 2 rings (SSSR count). The van der Waals surface area contributed by atoms with Gasteiger partial charge in [-0.1, -0.05) is 0 Å². The minimum atomic E-state index is -3.34. The zero-order valence-corrected chi connectivity index (χ0v) is 9.24. The zero-order chi connectivity index (χ0) is 11.1. The van der Waals surface area contributed by atoms with Gasteiger partial charge >= 0.3 is 5.97 Å². The average Bonchev–Trinajstić information content (AvgIpc) is 2.92. The number of rotatable bonds is 6. The van der Waals surface area contributed by atoms with Gasteiger partial charge in [0.05, 0.1) is 5.75 Å². The molecule has 2 aliphatic carbocycles. The lowest BCUT2D eigenvalue weighted by molar-refractivity contribution is -0.137. The first-order valence-electron chi connectivity index (χ1n) is 5.20. The van der Waals surface area contributed by atoms with Gasteiger partial charge in [-0.3, -0.25) is 4.79 Å². The molecule has 0 unspecified atom stereocenters. The standard InChI is InChI=1S/C9H15NO4S/c11-9(12)5-10(8-3-4-8)15(13,14)6-7-1-2-7/h7-8H,1-6H2,(H,11,12). The molecule has 15 heavy (non-hydrogen) atoms. The molecular weight excluding hydrogens is 218 g/mol. The minimum Gasteiger partial charge on any atom is -0.480 e. The summed E-state index contributed by atoms with van der Waals surface area (Å²) >= 11 is 0. The molecule has 2 fully saturated rings. The number of sulfonamides is 1. The molecular formula is C9H15NO4S. The number of carboxylic acids is 1. The molecule has 5 nitrogen and oxygen atoms in total. The Morgan fingerprint density at radius 3 is 2.27 bits per heavy atom. The number of carboxylic acid groups (broad SMARTS) is 1. The summed E-state index contributed by atoms with van der Waals surface area (Å²) in [5.41, 5.74) is 0. The zero-order valence-electron chi connectivity index (χ0n) is 8.42. The summed E-state index contributed by atoms with van der Waals surface area (Å²) in [6.45, 7) is -0.375. The molecule has 2 saturated carbocycles. The second-order valence-corrected chi connectivity index (χ2v) is 6.36. The molecule has 0 aromatic heterocycles. The molecule has 0 saturated heterocycles. The highest BCUT2D eigenvalue weighted by atomic mass is 32.2. The second-order valence-electron chi connectivity index (χ2n) is 4.39. The van der Waals surface area contributed by atoms with Gasteiger partial charge in [0.1, 0.15) is 6.54 Å². The van der Waals surface area contributed by atoms with E-state index in [1.54, 1.807) is 0 Å². The van der Waals surface area contributed by atoms with Gasteiger partial charge in [-0.25, -0.2) is 8.42 Å². The highest BCUT2D eigenvalue weighted by molar-refractivity contribution is 7.89. The van der Waals surface area contributed by atoms with Gasteiger partial charge in [0.25, 0.3) is 0 Å². The Labute approximate surface area is 89.1 Å². The van der Waals surface area contributed by atoms with Crippen LogP contribution in [0.4, 0.5) is 0 Å². The van der Waals surface area contributed by atoms with E-state index in [1.807, 2.05) is 0 Å². The maximum absolute atomic E-state index is 11.9. The third-order valence-electron chi connectivity index (χ3n) is 2.75. The molecule has 0 amide bonds. The lowest BCUT2D eigenvalue weighted by Gasteiger charge is -2.19. The summed E-state index contributed by atoms with van der Waals surface area (Å²) in [5.74, 6) is -0.664. The van der Waals surface area contributed by atoms with E-state index in [-0.39, 0.29) is 24.3 Å². The van der Waals surface area contributed by atoms with Crippen LogP contribution in [0.25, 0.3) is 0 Å². The summed E-state index contributed by atoms with van der Waals surface area (Å²) in [6.07, 6.45) is 3.53. The van der Waals surface area contributed by atoms with Gasteiger partial charge in [-0.2, -0.15) is 4.31 Å². The van der Waals surface area contributed by atoms with Gasteiger partial charge in [-0.15, -0.1) is 0 Å². The molecule has 0 bridgehead atoms. The van der Waals surface area contributed by atoms with Gasteiger partial charge in [0.15, 0.2) is 0 Å². The monoisotopic (exact) mass is 233 g/mol. The summed E-state index contributed by atoms with van der Waals surface area (Å²) in [6, 6.07) is -0.0511. The van der Waals surface area contributed by atoms with Crippen LogP contribution in [0.1, 0.15) is 25.7 Å². The highest BCUT2D eigenvalue weighted by Gasteiger charge is 2.40. The summed E-state index contributed by atoms with van der Waals surface area (Å²) in [5, 5.41) is 8.67. The maximum atomic E-state index is 11.9. The van der Waals surface area contributed by atoms with Crippen LogP contribution >= 0.6 is 0 Å². The third kappa shape index (κ3) is 2.92. The lowest BCUT2D eigenvalue weighted by Crippen LogP contribution is -2.39. The Balaban J connectivity index is 2.04. The average molecular weight is 233 g/mol. The molecule has 2 aliphatic rings. The van der Waals surface area contributed by atoms with Crippen molar-refractivity contribution in [2.24, 2.45) is 5.92 Å². The van der Waals surface area contributed by atoms with Crippen LogP contribution in [0.3, 0.4) is 0 Å². The van der Waals surface area contributed by atoms with E-state index in [9.17, 15) is 13.2 Å². The van der Waals surface area contributed by atoms with Crippen molar-refractivity contribution in [3.63, 3.8) is 0 Å². The van der Waals surface area contributed by atoms with Gasteiger partial charge in [0, 0.05) is 6.04 Å². The normalized spacial score (nSPS) is 21.9. The topological polar surface area (TPSA) is 74.7 Å². The van der Waals surface area contributed by atoms with E-state index in [4.69, 9.17) is 5.11 Å². The van der Waals surface area contributed by atoms with Crippen molar-refractivity contribution in [2.75, 3.05) is 12.3 Å². The molecule has 0 aliphatic heterocycles. The molecule has 0 aromatic carbocycles. The summed E-state index contributed by atoms with van der Waals surface area (Å²) in [7, 11) is -3.34.